The SMILES string of the molecule is C1=CC[C@H](C[NH2+]Cc2cccnc2)CC1. The van der Waals surface area contributed by atoms with Crippen LogP contribution >= 0.6 is 0 Å². The van der Waals surface area contributed by atoms with Gasteiger partial charge in [-0.3, -0.25) is 4.98 Å². The largest absolute Gasteiger partial charge is 0.342 e. The molecule has 0 radical (unpaired) electrons. The van der Waals surface area contributed by atoms with Crippen LogP contribution in [0.3, 0.4) is 0 Å². The zero-order valence-electron chi connectivity index (χ0n) is 9.10. The highest BCUT2D eigenvalue weighted by molar-refractivity contribution is 5.06. The van der Waals surface area contributed by atoms with Gasteiger partial charge >= 0.3 is 0 Å². The molecular formula is C13H19N2+. The highest BCUT2D eigenvalue weighted by Gasteiger charge is 2.11. The van der Waals surface area contributed by atoms with Crippen molar-refractivity contribution in [3.05, 3.63) is 42.2 Å². The molecule has 0 aromatic carbocycles. The minimum absolute atomic E-state index is 0.881. The van der Waals surface area contributed by atoms with Crippen LogP contribution in [0, 0.1) is 5.92 Å². The van der Waals surface area contributed by atoms with Gasteiger partial charge in [0, 0.05) is 23.9 Å². The van der Waals surface area contributed by atoms with Crippen molar-refractivity contribution in [1.82, 2.24) is 4.98 Å². The summed E-state index contributed by atoms with van der Waals surface area (Å²) in [4.78, 5) is 4.12. The van der Waals surface area contributed by atoms with Gasteiger partial charge in [-0.25, -0.2) is 0 Å². The third kappa shape index (κ3) is 3.48. The summed E-state index contributed by atoms with van der Waals surface area (Å²) in [6.07, 6.45) is 12.3. The first-order valence-corrected chi connectivity index (χ1v) is 5.81. The van der Waals surface area contributed by atoms with Crippen LogP contribution in [0.2, 0.25) is 0 Å². The van der Waals surface area contributed by atoms with Gasteiger partial charge in [0.05, 0.1) is 6.54 Å². The zero-order chi connectivity index (χ0) is 10.3. The molecule has 0 unspecified atom stereocenters. The second kappa shape index (κ2) is 5.66. The summed E-state index contributed by atoms with van der Waals surface area (Å²) in [5.41, 5.74) is 1.32. The van der Waals surface area contributed by atoms with E-state index in [1.54, 1.807) is 0 Å². The Morgan fingerprint density at radius 2 is 2.40 bits per heavy atom. The summed E-state index contributed by atoms with van der Waals surface area (Å²) in [7, 11) is 0. The van der Waals surface area contributed by atoms with Crippen LogP contribution in [-0.2, 0) is 6.54 Å². The molecule has 1 aliphatic rings. The van der Waals surface area contributed by atoms with E-state index in [9.17, 15) is 0 Å². The van der Waals surface area contributed by atoms with Crippen molar-refractivity contribution in [3.63, 3.8) is 0 Å². The Hall–Kier alpha value is -1.15. The quantitative estimate of drug-likeness (QED) is 0.738. The van der Waals surface area contributed by atoms with Crippen LogP contribution in [0.4, 0.5) is 0 Å². The summed E-state index contributed by atoms with van der Waals surface area (Å²) in [5.74, 6) is 0.881. The maximum atomic E-state index is 4.12. The van der Waals surface area contributed by atoms with Crippen LogP contribution in [0.25, 0.3) is 0 Å². The van der Waals surface area contributed by atoms with Gasteiger partial charge in [0.2, 0.25) is 0 Å². The second-order valence-corrected chi connectivity index (χ2v) is 4.24. The lowest BCUT2D eigenvalue weighted by atomic mass is 9.94. The number of hydrogen-bond donors (Lipinski definition) is 1. The average Bonchev–Trinajstić information content (AvgIpc) is 2.32. The standard InChI is InChI=1S/C13H18N2/c1-2-5-12(6-3-1)9-15-11-13-7-4-8-14-10-13/h1-2,4,7-8,10,12,15H,3,5-6,9,11H2/p+1/t12-/m0/s1. The van der Waals surface area contributed by atoms with Gasteiger partial charge in [-0.2, -0.15) is 0 Å². The summed E-state index contributed by atoms with van der Waals surface area (Å²) < 4.78 is 0. The van der Waals surface area contributed by atoms with Crippen LogP contribution in [0.15, 0.2) is 36.7 Å². The van der Waals surface area contributed by atoms with Crippen molar-refractivity contribution in [2.45, 2.75) is 25.8 Å². The number of pyridine rings is 1. The highest BCUT2D eigenvalue weighted by Crippen LogP contribution is 2.15. The number of allylic oxidation sites excluding steroid dienone is 2. The molecule has 1 aromatic rings. The normalized spacial score (nSPS) is 20.4. The fraction of sp³-hybridized carbons (Fsp3) is 0.462. The Kier molecular flexibility index (Phi) is 3.92. The number of nitrogens with zero attached hydrogens (tertiary/aromatic N) is 1. The van der Waals surface area contributed by atoms with Gasteiger partial charge in [-0.1, -0.05) is 18.2 Å². The molecule has 2 rings (SSSR count). The van der Waals surface area contributed by atoms with Gasteiger partial charge in [-0.05, 0) is 25.3 Å². The van der Waals surface area contributed by atoms with Crippen LogP contribution in [0.5, 0.6) is 0 Å². The Morgan fingerprint density at radius 1 is 1.40 bits per heavy atom. The van der Waals surface area contributed by atoms with E-state index in [2.05, 4.69) is 28.5 Å². The fourth-order valence-corrected chi connectivity index (χ4v) is 2.07. The van der Waals surface area contributed by atoms with Crippen LogP contribution in [-0.4, -0.2) is 11.5 Å². The molecule has 0 fully saturated rings. The van der Waals surface area contributed by atoms with Crippen molar-refractivity contribution >= 4 is 0 Å². The van der Waals surface area contributed by atoms with Crippen molar-refractivity contribution < 1.29 is 5.32 Å². The molecule has 2 nitrogen and oxygen atoms in total. The summed E-state index contributed by atoms with van der Waals surface area (Å²) >= 11 is 0. The zero-order valence-corrected chi connectivity index (χ0v) is 9.10. The Balaban J connectivity index is 1.68. The predicted molar refractivity (Wildman–Crippen MR) is 61.2 cm³/mol. The Morgan fingerprint density at radius 3 is 3.13 bits per heavy atom. The van der Waals surface area contributed by atoms with E-state index in [0.717, 1.165) is 12.5 Å². The van der Waals surface area contributed by atoms with Gasteiger partial charge in [0.15, 0.2) is 0 Å². The lowest BCUT2D eigenvalue weighted by Crippen LogP contribution is -2.84. The topological polar surface area (TPSA) is 29.5 Å². The van der Waals surface area contributed by atoms with E-state index in [-0.39, 0.29) is 0 Å². The average molecular weight is 203 g/mol. The molecule has 0 aliphatic heterocycles. The van der Waals surface area contributed by atoms with E-state index < -0.39 is 0 Å². The molecule has 0 saturated carbocycles. The van der Waals surface area contributed by atoms with E-state index >= 15 is 0 Å². The maximum Gasteiger partial charge on any atom is 0.103 e. The monoisotopic (exact) mass is 203 g/mol. The molecule has 1 atom stereocenters. The molecule has 15 heavy (non-hydrogen) atoms. The first kappa shape index (κ1) is 10.4. The maximum absolute atomic E-state index is 4.12. The van der Waals surface area contributed by atoms with Gasteiger partial charge < -0.3 is 5.32 Å². The minimum Gasteiger partial charge on any atom is -0.342 e. The molecule has 2 N–H and O–H groups in total. The van der Waals surface area contributed by atoms with Gasteiger partial charge in [-0.15, -0.1) is 0 Å². The number of nitrogens with two attached hydrogens (primary N) is 1. The molecule has 1 heterocycles. The molecule has 1 aliphatic carbocycles. The van der Waals surface area contributed by atoms with Crippen molar-refractivity contribution in [2.75, 3.05) is 6.54 Å². The van der Waals surface area contributed by atoms with Crippen LogP contribution < -0.4 is 5.32 Å². The number of rotatable bonds is 4. The van der Waals surface area contributed by atoms with E-state index in [1.165, 1.54) is 31.4 Å². The van der Waals surface area contributed by atoms with E-state index in [1.807, 2.05) is 18.5 Å². The molecule has 1 aromatic heterocycles. The third-order valence-corrected chi connectivity index (χ3v) is 2.98. The van der Waals surface area contributed by atoms with E-state index in [0.29, 0.717) is 0 Å². The fourth-order valence-electron chi connectivity index (χ4n) is 2.07. The highest BCUT2D eigenvalue weighted by atomic mass is 14.9. The van der Waals surface area contributed by atoms with Gasteiger partial charge in [0.25, 0.3) is 0 Å². The minimum atomic E-state index is 0.881. The summed E-state index contributed by atoms with van der Waals surface area (Å²) in [6.45, 7) is 2.31. The van der Waals surface area contributed by atoms with Gasteiger partial charge in [0.1, 0.15) is 6.54 Å². The first-order chi connectivity index (χ1) is 7.45. The Labute approximate surface area is 91.4 Å². The van der Waals surface area contributed by atoms with Crippen molar-refractivity contribution in [1.29, 1.82) is 0 Å². The number of aromatic nitrogens is 1. The molecule has 0 spiro atoms. The molecule has 80 valence electrons. The molecule has 0 bridgehead atoms. The molecular weight excluding hydrogens is 184 g/mol. The van der Waals surface area contributed by atoms with Crippen molar-refractivity contribution in [2.24, 2.45) is 5.92 Å². The number of quaternary nitrogens is 1. The molecule has 0 amide bonds. The number of hydrogen-bond acceptors (Lipinski definition) is 1. The third-order valence-electron chi connectivity index (χ3n) is 2.98. The van der Waals surface area contributed by atoms with Crippen LogP contribution in [0.1, 0.15) is 24.8 Å². The lowest BCUT2D eigenvalue weighted by molar-refractivity contribution is -0.676. The summed E-state index contributed by atoms with van der Waals surface area (Å²) in [6, 6.07) is 4.15. The lowest BCUT2D eigenvalue weighted by Gasteiger charge is -2.15. The summed E-state index contributed by atoms with van der Waals surface area (Å²) in [5, 5.41) is 2.40. The second-order valence-electron chi connectivity index (χ2n) is 4.24. The Bertz CT molecular complexity index is 306. The first-order valence-electron chi connectivity index (χ1n) is 5.81. The molecule has 0 saturated heterocycles. The molecule has 2 heteroatoms. The van der Waals surface area contributed by atoms with Crippen molar-refractivity contribution in [3.8, 4) is 0 Å². The van der Waals surface area contributed by atoms with E-state index in [4.69, 9.17) is 0 Å². The predicted octanol–water partition coefficient (Wildman–Crippen LogP) is 1.50. The smallest absolute Gasteiger partial charge is 0.103 e.